The molecule has 0 aliphatic heterocycles. The van der Waals surface area contributed by atoms with E-state index in [0.29, 0.717) is 24.3 Å². The molecule has 0 aromatic heterocycles. The highest BCUT2D eigenvalue weighted by Crippen LogP contribution is 2.30. The van der Waals surface area contributed by atoms with Crippen molar-refractivity contribution < 1.29 is 19.1 Å². The van der Waals surface area contributed by atoms with Gasteiger partial charge in [-0.3, -0.25) is 9.59 Å². The van der Waals surface area contributed by atoms with E-state index in [9.17, 15) is 9.59 Å². The van der Waals surface area contributed by atoms with Gasteiger partial charge in [0.1, 0.15) is 0 Å². The molecule has 0 unspecified atom stereocenters. The third-order valence-corrected chi connectivity index (χ3v) is 6.74. The van der Waals surface area contributed by atoms with Gasteiger partial charge in [0.25, 0.3) is 0 Å². The summed E-state index contributed by atoms with van der Waals surface area (Å²) in [6.07, 6.45) is 22.7. The Bertz CT molecular complexity index is 697. The van der Waals surface area contributed by atoms with Gasteiger partial charge in [0, 0.05) is 12.8 Å². The molecule has 0 amide bonds. The van der Waals surface area contributed by atoms with Crippen molar-refractivity contribution in [1.82, 2.24) is 0 Å². The lowest BCUT2D eigenvalue weighted by molar-refractivity contribution is -0.137. The third kappa shape index (κ3) is 16.8. The lowest BCUT2D eigenvalue weighted by atomic mass is 10.0. The molecule has 0 saturated heterocycles. The van der Waals surface area contributed by atoms with Gasteiger partial charge in [-0.05, 0) is 43.4 Å². The van der Waals surface area contributed by atoms with Crippen LogP contribution >= 0.6 is 0 Å². The summed E-state index contributed by atoms with van der Waals surface area (Å²) in [6.45, 7) is 6.64. The first-order valence-electron chi connectivity index (χ1n) is 15.1. The Balaban J connectivity index is 2.62. The normalized spacial score (nSPS) is 11.0. The van der Waals surface area contributed by atoms with Crippen LogP contribution in [0.1, 0.15) is 155 Å². The van der Waals surface area contributed by atoms with Gasteiger partial charge in [-0.1, -0.05) is 123 Å². The Hall–Kier alpha value is -1.84. The number of hydrogen-bond acceptors (Lipinski definition) is 4. The standard InChI is InChI=1S/C32H54O4/c1-4-7-10-13-16-19-22-28-25-26-29(35-31(33)23-20-17-14-11-8-5-2)30(27-28)36-32(34)24-21-18-15-12-9-6-3/h25-27H,4-24H2,1-3H3. The topological polar surface area (TPSA) is 52.6 Å². The minimum absolute atomic E-state index is 0.240. The van der Waals surface area contributed by atoms with Crippen LogP contribution in [0.2, 0.25) is 0 Å². The van der Waals surface area contributed by atoms with Crippen LogP contribution < -0.4 is 9.47 Å². The second kappa shape index (κ2) is 22.4. The van der Waals surface area contributed by atoms with Crippen molar-refractivity contribution in [3.63, 3.8) is 0 Å². The number of carbonyl (C=O) groups is 2. The fraction of sp³-hybridized carbons (Fsp3) is 0.750. The second-order valence-electron chi connectivity index (χ2n) is 10.3. The molecule has 0 N–H and O–H groups in total. The van der Waals surface area contributed by atoms with Gasteiger partial charge in [0.15, 0.2) is 11.5 Å². The van der Waals surface area contributed by atoms with Crippen LogP contribution in [0, 0.1) is 0 Å². The van der Waals surface area contributed by atoms with E-state index >= 15 is 0 Å². The number of unbranched alkanes of at least 4 members (excludes halogenated alkanes) is 15. The molecule has 0 aliphatic carbocycles. The average molecular weight is 503 g/mol. The highest BCUT2D eigenvalue weighted by molar-refractivity contribution is 5.76. The van der Waals surface area contributed by atoms with Gasteiger partial charge in [-0.2, -0.15) is 0 Å². The minimum atomic E-state index is -0.248. The summed E-state index contributed by atoms with van der Waals surface area (Å²) in [6, 6.07) is 5.71. The van der Waals surface area contributed by atoms with Crippen LogP contribution in [0.4, 0.5) is 0 Å². The summed E-state index contributed by atoms with van der Waals surface area (Å²) in [5.41, 5.74) is 1.13. The maximum atomic E-state index is 12.5. The first-order valence-corrected chi connectivity index (χ1v) is 15.1. The van der Waals surface area contributed by atoms with Crippen LogP contribution in [0.25, 0.3) is 0 Å². The maximum Gasteiger partial charge on any atom is 0.311 e. The molecule has 206 valence electrons. The minimum Gasteiger partial charge on any atom is -0.423 e. The van der Waals surface area contributed by atoms with Gasteiger partial charge >= 0.3 is 11.9 Å². The second-order valence-corrected chi connectivity index (χ2v) is 10.3. The lowest BCUT2D eigenvalue weighted by Crippen LogP contribution is -2.12. The first-order chi connectivity index (χ1) is 17.6. The highest BCUT2D eigenvalue weighted by atomic mass is 16.6. The average Bonchev–Trinajstić information content (AvgIpc) is 2.87. The summed E-state index contributed by atoms with van der Waals surface area (Å²) >= 11 is 0. The molecule has 1 rings (SSSR count). The summed E-state index contributed by atoms with van der Waals surface area (Å²) in [4.78, 5) is 25.0. The third-order valence-electron chi connectivity index (χ3n) is 6.74. The van der Waals surface area contributed by atoms with E-state index in [-0.39, 0.29) is 11.9 Å². The zero-order valence-electron chi connectivity index (χ0n) is 23.7. The summed E-state index contributed by atoms with van der Waals surface area (Å²) in [5.74, 6) is 0.276. The van der Waals surface area contributed by atoms with E-state index in [1.165, 1.54) is 70.6 Å². The molecule has 1 aromatic rings. The summed E-state index contributed by atoms with van der Waals surface area (Å²) in [7, 11) is 0. The van der Waals surface area contributed by atoms with E-state index in [0.717, 1.165) is 56.9 Å². The molecule has 36 heavy (non-hydrogen) atoms. The predicted octanol–water partition coefficient (Wildman–Crippen LogP) is 9.90. The Morgan fingerprint density at radius 3 is 1.44 bits per heavy atom. The van der Waals surface area contributed by atoms with Crippen molar-refractivity contribution in [3.8, 4) is 11.5 Å². The molecule has 0 spiro atoms. The zero-order valence-corrected chi connectivity index (χ0v) is 23.7. The van der Waals surface area contributed by atoms with E-state index in [1.54, 1.807) is 6.07 Å². The van der Waals surface area contributed by atoms with Crippen molar-refractivity contribution in [1.29, 1.82) is 0 Å². The van der Waals surface area contributed by atoms with Crippen LogP contribution in [0.15, 0.2) is 18.2 Å². The van der Waals surface area contributed by atoms with Crippen molar-refractivity contribution in [3.05, 3.63) is 23.8 Å². The monoisotopic (exact) mass is 502 g/mol. The number of ether oxygens (including phenoxy) is 2. The Labute approximate surface area is 221 Å². The quantitative estimate of drug-likeness (QED) is 0.0848. The van der Waals surface area contributed by atoms with E-state index in [4.69, 9.17) is 9.47 Å². The molecule has 1 aromatic carbocycles. The van der Waals surface area contributed by atoms with E-state index in [2.05, 4.69) is 20.8 Å². The number of rotatable bonds is 23. The Kier molecular flexibility index (Phi) is 20.0. The molecular formula is C32H54O4. The van der Waals surface area contributed by atoms with Crippen LogP contribution in [-0.4, -0.2) is 11.9 Å². The van der Waals surface area contributed by atoms with Crippen molar-refractivity contribution in [2.75, 3.05) is 0 Å². The van der Waals surface area contributed by atoms with E-state index in [1.807, 2.05) is 12.1 Å². The molecule has 0 atom stereocenters. The number of esters is 2. The van der Waals surface area contributed by atoms with Gasteiger partial charge in [0.05, 0.1) is 0 Å². The molecular weight excluding hydrogens is 448 g/mol. The molecule has 0 radical (unpaired) electrons. The number of carbonyl (C=O) groups excluding carboxylic acids is 2. The number of aryl methyl sites for hydroxylation is 1. The Morgan fingerprint density at radius 1 is 0.528 bits per heavy atom. The van der Waals surface area contributed by atoms with Crippen LogP contribution in [0.5, 0.6) is 11.5 Å². The highest BCUT2D eigenvalue weighted by Gasteiger charge is 2.15. The molecule has 4 nitrogen and oxygen atoms in total. The molecule has 4 heteroatoms. The smallest absolute Gasteiger partial charge is 0.311 e. The molecule has 0 aliphatic rings. The number of benzene rings is 1. The van der Waals surface area contributed by atoms with Crippen LogP contribution in [0.3, 0.4) is 0 Å². The largest absolute Gasteiger partial charge is 0.423 e. The lowest BCUT2D eigenvalue weighted by Gasteiger charge is -2.13. The van der Waals surface area contributed by atoms with Crippen molar-refractivity contribution in [2.45, 2.75) is 156 Å². The van der Waals surface area contributed by atoms with Crippen molar-refractivity contribution in [2.24, 2.45) is 0 Å². The fourth-order valence-corrected chi connectivity index (χ4v) is 4.43. The fourth-order valence-electron chi connectivity index (χ4n) is 4.43. The van der Waals surface area contributed by atoms with Crippen LogP contribution in [-0.2, 0) is 16.0 Å². The SMILES string of the molecule is CCCCCCCCC(=O)Oc1ccc(CCCCCCCC)cc1OC(=O)CCCCCCCC. The predicted molar refractivity (Wildman–Crippen MR) is 151 cm³/mol. The zero-order chi connectivity index (χ0) is 26.3. The maximum absolute atomic E-state index is 12.5. The molecule has 0 bridgehead atoms. The van der Waals surface area contributed by atoms with Crippen molar-refractivity contribution >= 4 is 11.9 Å². The summed E-state index contributed by atoms with van der Waals surface area (Å²) < 4.78 is 11.4. The number of hydrogen-bond donors (Lipinski definition) is 0. The molecule has 0 saturated carbocycles. The van der Waals surface area contributed by atoms with Gasteiger partial charge in [-0.15, -0.1) is 0 Å². The first kappa shape index (κ1) is 32.2. The summed E-state index contributed by atoms with van der Waals surface area (Å²) in [5, 5.41) is 0. The van der Waals surface area contributed by atoms with E-state index < -0.39 is 0 Å². The molecule has 0 heterocycles. The molecule has 0 fully saturated rings. The van der Waals surface area contributed by atoms with Gasteiger partial charge < -0.3 is 9.47 Å². The van der Waals surface area contributed by atoms with Gasteiger partial charge in [0.2, 0.25) is 0 Å². The Morgan fingerprint density at radius 2 is 0.944 bits per heavy atom. The van der Waals surface area contributed by atoms with Gasteiger partial charge in [-0.25, -0.2) is 0 Å².